The van der Waals surface area contributed by atoms with E-state index in [2.05, 4.69) is 32.0 Å². The maximum atomic E-state index is 5.53. The van der Waals surface area contributed by atoms with Gasteiger partial charge in [-0.25, -0.2) is 9.97 Å². The van der Waals surface area contributed by atoms with Gasteiger partial charge in [0.25, 0.3) is 0 Å². The molecule has 0 saturated heterocycles. The minimum Gasteiger partial charge on any atom is -0.494 e. The summed E-state index contributed by atoms with van der Waals surface area (Å²) < 4.78 is 6.15. The summed E-state index contributed by atoms with van der Waals surface area (Å²) in [6.45, 7) is 6.66. The monoisotopic (exact) mass is 306 g/mol. The highest BCUT2D eigenvalue weighted by molar-refractivity contribution is 9.10. The van der Waals surface area contributed by atoms with E-state index in [0.717, 1.165) is 28.3 Å². The summed E-state index contributed by atoms with van der Waals surface area (Å²) in [5.41, 5.74) is 4.04. The normalized spacial score (nSPS) is 10.4. The van der Waals surface area contributed by atoms with Gasteiger partial charge in [-0.15, -0.1) is 0 Å². The fourth-order valence-electron chi connectivity index (χ4n) is 1.81. The van der Waals surface area contributed by atoms with Crippen LogP contribution in [-0.4, -0.2) is 16.6 Å². The number of halogens is 1. The zero-order valence-corrected chi connectivity index (χ0v) is 12.3. The van der Waals surface area contributed by atoms with Gasteiger partial charge in [0.15, 0.2) is 4.73 Å². The molecule has 0 amide bonds. The van der Waals surface area contributed by atoms with Gasteiger partial charge in [0.05, 0.1) is 12.3 Å². The molecule has 18 heavy (non-hydrogen) atoms. The molecule has 4 heteroatoms. The highest BCUT2D eigenvalue weighted by Gasteiger charge is 2.06. The molecule has 2 aromatic rings. The lowest BCUT2D eigenvalue weighted by molar-refractivity contribution is 0.338. The minimum atomic E-state index is 0.615. The molecule has 0 N–H and O–H groups in total. The van der Waals surface area contributed by atoms with Gasteiger partial charge >= 0.3 is 0 Å². The Balaban J connectivity index is 2.42. The van der Waals surface area contributed by atoms with Gasteiger partial charge in [0.1, 0.15) is 5.75 Å². The summed E-state index contributed by atoms with van der Waals surface area (Å²) in [4.78, 5) is 8.60. The second-order valence-corrected chi connectivity index (χ2v) is 4.79. The summed E-state index contributed by atoms with van der Waals surface area (Å²) in [7, 11) is 0. The van der Waals surface area contributed by atoms with Crippen molar-refractivity contribution < 1.29 is 4.74 Å². The topological polar surface area (TPSA) is 35.0 Å². The largest absolute Gasteiger partial charge is 0.494 e. The van der Waals surface area contributed by atoms with E-state index in [1.54, 1.807) is 0 Å². The van der Waals surface area contributed by atoms with Crippen LogP contribution in [0.15, 0.2) is 29.0 Å². The number of nitrogens with zero attached hydrogens (tertiary/aromatic N) is 2. The van der Waals surface area contributed by atoms with Crippen molar-refractivity contribution in [3.63, 3.8) is 0 Å². The molecule has 0 fully saturated rings. The zero-order valence-electron chi connectivity index (χ0n) is 10.7. The van der Waals surface area contributed by atoms with E-state index >= 15 is 0 Å². The molecule has 0 unspecified atom stereocenters. The number of hydrogen-bond donors (Lipinski definition) is 0. The second kappa shape index (κ2) is 5.48. The number of aryl methyl sites for hydroxylation is 2. The van der Waals surface area contributed by atoms with Gasteiger partial charge < -0.3 is 4.74 Å². The fraction of sp³-hybridized carbons (Fsp3) is 0.286. The summed E-state index contributed by atoms with van der Waals surface area (Å²) >= 11 is 3.32. The van der Waals surface area contributed by atoms with Gasteiger partial charge in [-0.1, -0.05) is 0 Å². The van der Waals surface area contributed by atoms with Crippen LogP contribution in [0.1, 0.15) is 18.2 Å². The van der Waals surface area contributed by atoms with E-state index in [4.69, 9.17) is 4.74 Å². The molecule has 0 saturated carbocycles. The molecule has 1 aromatic heterocycles. The molecule has 1 aromatic carbocycles. The van der Waals surface area contributed by atoms with Crippen molar-refractivity contribution in [1.29, 1.82) is 0 Å². The van der Waals surface area contributed by atoms with E-state index in [9.17, 15) is 0 Å². The number of hydrogen-bond acceptors (Lipinski definition) is 3. The smallest absolute Gasteiger partial charge is 0.197 e. The van der Waals surface area contributed by atoms with Gasteiger partial charge in [0, 0.05) is 11.3 Å². The average molecular weight is 307 g/mol. The van der Waals surface area contributed by atoms with E-state index < -0.39 is 0 Å². The van der Waals surface area contributed by atoms with Crippen LogP contribution in [0.25, 0.3) is 11.3 Å². The zero-order chi connectivity index (χ0) is 13.1. The Hall–Kier alpha value is -1.42. The van der Waals surface area contributed by atoms with Crippen molar-refractivity contribution >= 4 is 15.9 Å². The molecule has 2 rings (SSSR count). The van der Waals surface area contributed by atoms with Crippen LogP contribution >= 0.6 is 15.9 Å². The van der Waals surface area contributed by atoms with Crippen molar-refractivity contribution in [2.24, 2.45) is 0 Å². The first-order valence-corrected chi connectivity index (χ1v) is 6.64. The Labute approximate surface area is 115 Å². The lowest BCUT2D eigenvalue weighted by atomic mass is 10.1. The molecule has 0 radical (unpaired) electrons. The predicted octanol–water partition coefficient (Wildman–Crippen LogP) is 3.92. The molecule has 0 aliphatic carbocycles. The highest BCUT2D eigenvalue weighted by Crippen LogP contribution is 2.26. The van der Waals surface area contributed by atoms with Crippen LogP contribution in [0.5, 0.6) is 5.75 Å². The van der Waals surface area contributed by atoms with Crippen LogP contribution in [0, 0.1) is 13.8 Å². The molecule has 94 valence electrons. The molecular weight excluding hydrogens is 292 g/mol. The van der Waals surface area contributed by atoms with E-state index in [-0.39, 0.29) is 0 Å². The van der Waals surface area contributed by atoms with Crippen molar-refractivity contribution in [3.05, 3.63) is 40.3 Å². The van der Waals surface area contributed by atoms with Gasteiger partial charge in [-0.05, 0) is 66.5 Å². The third-order valence-corrected chi connectivity index (χ3v) is 2.95. The summed E-state index contributed by atoms with van der Waals surface area (Å²) in [6.07, 6.45) is 0. The molecular formula is C14H15BrN2O. The Morgan fingerprint density at radius 3 is 2.56 bits per heavy atom. The summed E-state index contributed by atoms with van der Waals surface area (Å²) in [6, 6.07) is 8.06. The van der Waals surface area contributed by atoms with Crippen LogP contribution in [0.3, 0.4) is 0 Å². The second-order valence-electron chi connectivity index (χ2n) is 4.08. The van der Waals surface area contributed by atoms with Crippen molar-refractivity contribution in [3.8, 4) is 17.0 Å². The van der Waals surface area contributed by atoms with Crippen LogP contribution in [-0.2, 0) is 0 Å². The predicted molar refractivity (Wildman–Crippen MR) is 75.8 cm³/mol. The molecule has 0 atom stereocenters. The van der Waals surface area contributed by atoms with E-state index in [0.29, 0.717) is 11.3 Å². The SMILES string of the molecule is CCOc1ccc(-c2cc(C)nc(Br)n2)cc1C. The fourth-order valence-corrected chi connectivity index (χ4v) is 2.28. The van der Waals surface area contributed by atoms with Crippen LogP contribution in [0.2, 0.25) is 0 Å². The first-order chi connectivity index (χ1) is 8.60. The minimum absolute atomic E-state index is 0.615. The molecule has 1 heterocycles. The third-order valence-electron chi connectivity index (χ3n) is 2.60. The number of aromatic nitrogens is 2. The maximum absolute atomic E-state index is 5.53. The molecule has 3 nitrogen and oxygen atoms in total. The van der Waals surface area contributed by atoms with E-state index in [1.807, 2.05) is 39.0 Å². The van der Waals surface area contributed by atoms with Gasteiger partial charge in [0.2, 0.25) is 0 Å². The first-order valence-electron chi connectivity index (χ1n) is 5.85. The quantitative estimate of drug-likeness (QED) is 0.806. The highest BCUT2D eigenvalue weighted by atomic mass is 79.9. The number of benzene rings is 1. The summed E-state index contributed by atoms with van der Waals surface area (Å²) in [5.74, 6) is 0.922. The standard InChI is InChI=1S/C14H15BrN2O/c1-4-18-13-6-5-11(7-9(13)2)12-8-10(3)16-14(15)17-12/h5-8H,4H2,1-3H3. The van der Waals surface area contributed by atoms with Crippen molar-refractivity contribution in [1.82, 2.24) is 9.97 Å². The molecule has 0 spiro atoms. The third kappa shape index (κ3) is 2.88. The maximum Gasteiger partial charge on any atom is 0.197 e. The molecule has 0 aliphatic rings. The van der Waals surface area contributed by atoms with Gasteiger partial charge in [-0.2, -0.15) is 0 Å². The van der Waals surface area contributed by atoms with E-state index in [1.165, 1.54) is 0 Å². The Bertz CT molecular complexity index is 549. The number of ether oxygens (including phenoxy) is 1. The van der Waals surface area contributed by atoms with Crippen molar-refractivity contribution in [2.45, 2.75) is 20.8 Å². The van der Waals surface area contributed by atoms with Gasteiger partial charge in [-0.3, -0.25) is 0 Å². The van der Waals surface area contributed by atoms with Crippen LogP contribution < -0.4 is 4.74 Å². The summed E-state index contributed by atoms with van der Waals surface area (Å²) in [5, 5.41) is 0. The first kappa shape index (κ1) is 13.0. The molecule has 0 aliphatic heterocycles. The number of rotatable bonds is 3. The Morgan fingerprint density at radius 2 is 1.94 bits per heavy atom. The average Bonchev–Trinajstić information content (AvgIpc) is 2.30. The Morgan fingerprint density at radius 1 is 1.17 bits per heavy atom. The Kier molecular flexibility index (Phi) is 3.97. The lowest BCUT2D eigenvalue weighted by Gasteiger charge is -2.09. The van der Waals surface area contributed by atoms with Crippen LogP contribution in [0.4, 0.5) is 0 Å². The lowest BCUT2D eigenvalue weighted by Crippen LogP contribution is -1.95. The van der Waals surface area contributed by atoms with Crippen molar-refractivity contribution in [2.75, 3.05) is 6.61 Å². The molecule has 0 bridgehead atoms.